The second-order valence-electron chi connectivity index (χ2n) is 10.7. The van der Waals surface area contributed by atoms with Crippen molar-refractivity contribution in [2.24, 2.45) is 5.92 Å². The molecule has 3 aliphatic rings. The smallest absolute Gasteiger partial charge is 0.303 e. The lowest BCUT2D eigenvalue weighted by Gasteiger charge is -2.40. The molecule has 3 rings (SSSR count). The fraction of sp³-hybridized carbons (Fsp3) is 0.704. The third-order valence-corrected chi connectivity index (χ3v) is 7.02. The van der Waals surface area contributed by atoms with Crippen LogP contribution in [0.4, 0.5) is 0 Å². The minimum absolute atomic E-state index is 0.0106. The summed E-state index contributed by atoms with van der Waals surface area (Å²) >= 11 is 0. The first-order valence-electron chi connectivity index (χ1n) is 12.7. The van der Waals surface area contributed by atoms with Gasteiger partial charge in [0.15, 0.2) is 5.79 Å². The second-order valence-corrected chi connectivity index (χ2v) is 10.7. The topological polar surface area (TPSA) is 127 Å². The van der Waals surface area contributed by atoms with E-state index in [0.717, 1.165) is 12.0 Å². The summed E-state index contributed by atoms with van der Waals surface area (Å²) in [6, 6.07) is -0.114. The Bertz CT molecular complexity index is 890. The molecule has 9 atom stereocenters. The van der Waals surface area contributed by atoms with Crippen molar-refractivity contribution in [2.75, 3.05) is 6.61 Å². The van der Waals surface area contributed by atoms with Gasteiger partial charge in [-0.1, -0.05) is 30.7 Å². The van der Waals surface area contributed by atoms with Crippen molar-refractivity contribution in [1.82, 2.24) is 5.32 Å². The number of nitrogens with one attached hydrogen (secondary N) is 1. The Hall–Kier alpha value is -2.04. The summed E-state index contributed by atoms with van der Waals surface area (Å²) < 4.78 is 22.3. The zero-order valence-corrected chi connectivity index (χ0v) is 22.1. The molecular formula is C27H41NO8. The van der Waals surface area contributed by atoms with E-state index in [1.807, 2.05) is 19.9 Å². The fourth-order valence-corrected chi connectivity index (χ4v) is 4.95. The van der Waals surface area contributed by atoms with Gasteiger partial charge in [-0.05, 0) is 52.5 Å². The Morgan fingerprint density at radius 2 is 1.94 bits per heavy atom. The molecule has 0 bridgehead atoms. The number of amides is 1. The first kappa shape index (κ1) is 28.5. The van der Waals surface area contributed by atoms with Crippen molar-refractivity contribution in [1.29, 1.82) is 0 Å². The number of epoxide rings is 1. The number of rotatable bonds is 8. The highest BCUT2D eigenvalue weighted by molar-refractivity contribution is 5.87. The first-order valence-corrected chi connectivity index (χ1v) is 12.7. The van der Waals surface area contributed by atoms with E-state index in [9.17, 15) is 19.8 Å². The number of hydrogen-bond donors (Lipinski definition) is 3. The van der Waals surface area contributed by atoms with Gasteiger partial charge in [0.05, 0.1) is 24.9 Å². The van der Waals surface area contributed by atoms with E-state index in [-0.39, 0.29) is 36.5 Å². The normalized spacial score (nSPS) is 39.9. The van der Waals surface area contributed by atoms with Gasteiger partial charge in [-0.25, -0.2) is 0 Å². The van der Waals surface area contributed by atoms with Crippen molar-refractivity contribution in [3.05, 3.63) is 36.0 Å². The monoisotopic (exact) mass is 507 g/mol. The standard InChI is InChI=1S/C27H41NO8/c1-16(8-11-23-25(31)27(15-33-27)14-26(6,32)36-23)7-10-22-17(2)13-21(19(4)35-22)28-24(30)12-9-18(3)34-20(5)29/h7-9,11-12,17-19,21-23,25,31-32H,10,13-15H2,1-6H3,(H,28,30)/b11-8+,12-9+,16-7+. The van der Waals surface area contributed by atoms with Crippen molar-refractivity contribution < 1.29 is 38.7 Å². The Morgan fingerprint density at radius 1 is 1.25 bits per heavy atom. The molecular weight excluding hydrogens is 466 g/mol. The third-order valence-electron chi connectivity index (χ3n) is 7.02. The molecule has 9 unspecified atom stereocenters. The molecule has 36 heavy (non-hydrogen) atoms. The zero-order valence-electron chi connectivity index (χ0n) is 22.1. The van der Waals surface area contributed by atoms with Crippen molar-refractivity contribution in [2.45, 2.75) is 109 Å². The van der Waals surface area contributed by atoms with E-state index in [1.165, 1.54) is 13.0 Å². The van der Waals surface area contributed by atoms with E-state index in [4.69, 9.17) is 18.9 Å². The number of carbonyl (C=O) groups is 2. The molecule has 0 aromatic heterocycles. The number of hydrogen-bond acceptors (Lipinski definition) is 8. The maximum atomic E-state index is 12.3. The van der Waals surface area contributed by atoms with Crippen LogP contribution in [0.5, 0.6) is 0 Å². The average Bonchev–Trinajstić information content (AvgIpc) is 3.54. The minimum Gasteiger partial charge on any atom is -0.459 e. The lowest BCUT2D eigenvalue weighted by molar-refractivity contribution is -0.272. The van der Waals surface area contributed by atoms with E-state index in [2.05, 4.69) is 18.3 Å². The van der Waals surface area contributed by atoms with E-state index in [0.29, 0.717) is 13.0 Å². The van der Waals surface area contributed by atoms with Crippen LogP contribution in [0.15, 0.2) is 36.0 Å². The summed E-state index contributed by atoms with van der Waals surface area (Å²) in [5.74, 6) is -1.75. The van der Waals surface area contributed by atoms with Gasteiger partial charge in [-0.2, -0.15) is 0 Å². The van der Waals surface area contributed by atoms with Gasteiger partial charge in [0.25, 0.3) is 0 Å². The molecule has 3 heterocycles. The molecule has 0 radical (unpaired) electrons. The molecule has 3 fully saturated rings. The summed E-state index contributed by atoms with van der Waals surface area (Å²) in [6.07, 6.45) is 8.33. The molecule has 3 aliphatic heterocycles. The Labute approximate surface area is 213 Å². The number of carbonyl (C=O) groups excluding carboxylic acids is 2. The number of aliphatic hydroxyl groups excluding tert-OH is 1. The van der Waals surface area contributed by atoms with Crippen LogP contribution in [0.25, 0.3) is 0 Å². The van der Waals surface area contributed by atoms with Crippen LogP contribution in [0.2, 0.25) is 0 Å². The second kappa shape index (κ2) is 11.6. The number of allylic oxidation sites excluding steroid dienone is 2. The molecule has 0 aromatic rings. The molecule has 1 spiro atoms. The highest BCUT2D eigenvalue weighted by atomic mass is 16.7. The molecule has 3 N–H and O–H groups in total. The van der Waals surface area contributed by atoms with Crippen molar-refractivity contribution >= 4 is 11.9 Å². The number of esters is 1. The molecule has 0 saturated carbocycles. The first-order chi connectivity index (χ1) is 16.8. The highest BCUT2D eigenvalue weighted by Gasteiger charge is 2.61. The quantitative estimate of drug-likeness (QED) is 0.198. The molecule has 202 valence electrons. The van der Waals surface area contributed by atoms with Crippen LogP contribution in [-0.2, 0) is 28.5 Å². The van der Waals surface area contributed by atoms with Gasteiger partial charge in [0.1, 0.15) is 23.9 Å². The Morgan fingerprint density at radius 3 is 2.58 bits per heavy atom. The molecule has 0 aromatic carbocycles. The van der Waals surface area contributed by atoms with Crippen molar-refractivity contribution in [3.8, 4) is 0 Å². The summed E-state index contributed by atoms with van der Waals surface area (Å²) in [4.78, 5) is 23.3. The van der Waals surface area contributed by atoms with E-state index in [1.54, 1.807) is 26.0 Å². The number of aliphatic hydroxyl groups is 2. The van der Waals surface area contributed by atoms with Crippen LogP contribution in [-0.4, -0.2) is 76.6 Å². The lowest BCUT2D eigenvalue weighted by atomic mass is 9.87. The molecule has 0 aliphatic carbocycles. The maximum Gasteiger partial charge on any atom is 0.303 e. The third kappa shape index (κ3) is 7.73. The summed E-state index contributed by atoms with van der Waals surface area (Å²) in [6.45, 7) is 11.1. The Kier molecular flexibility index (Phi) is 9.16. The van der Waals surface area contributed by atoms with Crippen molar-refractivity contribution in [3.63, 3.8) is 0 Å². The minimum atomic E-state index is -1.34. The van der Waals surface area contributed by atoms with Crippen LogP contribution < -0.4 is 5.32 Å². The van der Waals surface area contributed by atoms with Crippen LogP contribution >= 0.6 is 0 Å². The van der Waals surface area contributed by atoms with Gasteiger partial charge < -0.3 is 34.5 Å². The largest absolute Gasteiger partial charge is 0.459 e. The van der Waals surface area contributed by atoms with Crippen LogP contribution in [0.3, 0.4) is 0 Å². The highest BCUT2D eigenvalue weighted by Crippen LogP contribution is 2.45. The predicted octanol–water partition coefficient (Wildman–Crippen LogP) is 2.31. The van der Waals surface area contributed by atoms with Gasteiger partial charge in [0, 0.05) is 19.4 Å². The van der Waals surface area contributed by atoms with Gasteiger partial charge in [-0.15, -0.1) is 0 Å². The van der Waals surface area contributed by atoms with Gasteiger partial charge in [-0.3, -0.25) is 9.59 Å². The maximum absolute atomic E-state index is 12.3. The fourth-order valence-electron chi connectivity index (χ4n) is 4.95. The predicted molar refractivity (Wildman–Crippen MR) is 133 cm³/mol. The van der Waals surface area contributed by atoms with E-state index >= 15 is 0 Å². The summed E-state index contributed by atoms with van der Waals surface area (Å²) in [7, 11) is 0. The van der Waals surface area contributed by atoms with Gasteiger partial charge in [0.2, 0.25) is 5.91 Å². The molecule has 1 amide bonds. The summed E-state index contributed by atoms with van der Waals surface area (Å²) in [5, 5.41) is 23.9. The molecule has 9 nitrogen and oxygen atoms in total. The van der Waals surface area contributed by atoms with Crippen LogP contribution in [0, 0.1) is 5.92 Å². The van der Waals surface area contributed by atoms with Gasteiger partial charge >= 0.3 is 5.97 Å². The zero-order chi connectivity index (χ0) is 26.7. The molecule has 9 heteroatoms. The van der Waals surface area contributed by atoms with E-state index < -0.39 is 35.7 Å². The SMILES string of the molecule is CC(=O)OC(C)/C=C/C(=O)NC1CC(C)C(C/C=C(C)/C=C/C2OC(C)(O)CC3(CO3)C2O)OC1C. The number of ether oxygens (including phenoxy) is 4. The average molecular weight is 508 g/mol. The summed E-state index contributed by atoms with van der Waals surface area (Å²) in [5.41, 5.74) is 0.283. The lowest BCUT2D eigenvalue weighted by Crippen LogP contribution is -2.54. The molecule has 3 saturated heterocycles. The Balaban J connectivity index is 1.49. The van der Waals surface area contributed by atoms with Crippen LogP contribution in [0.1, 0.15) is 60.8 Å².